The third-order valence-corrected chi connectivity index (χ3v) is 6.54. The Kier molecular flexibility index (Phi) is 7.81. The third kappa shape index (κ3) is 5.85. The summed E-state index contributed by atoms with van der Waals surface area (Å²) in [5, 5.41) is 2.84. The average molecular weight is 478 g/mol. The highest BCUT2D eigenvalue weighted by Crippen LogP contribution is 2.33. The predicted molar refractivity (Wildman–Crippen MR) is 122 cm³/mol. The predicted octanol–water partition coefficient (Wildman–Crippen LogP) is 2.89. The number of likely N-dealkylation sites (tertiary alicyclic amines) is 1. The van der Waals surface area contributed by atoms with Crippen molar-refractivity contribution >= 4 is 17.6 Å². The van der Waals surface area contributed by atoms with E-state index in [-0.39, 0.29) is 13.0 Å². The van der Waals surface area contributed by atoms with Crippen molar-refractivity contribution in [2.45, 2.75) is 50.9 Å². The van der Waals surface area contributed by atoms with Crippen LogP contribution in [0.3, 0.4) is 0 Å². The molecule has 3 rings (SSSR count). The van der Waals surface area contributed by atoms with Crippen LogP contribution in [0, 0.1) is 5.92 Å². The molecule has 1 aliphatic heterocycles. The number of benzene rings is 1. The molecule has 0 bridgehead atoms. The van der Waals surface area contributed by atoms with Gasteiger partial charge in [0.05, 0.1) is 11.5 Å². The molecular weight excluding hydrogens is 447 g/mol. The Morgan fingerprint density at radius 3 is 2.21 bits per heavy atom. The highest BCUT2D eigenvalue weighted by molar-refractivity contribution is 5.92. The number of carbonyl (C=O) groups excluding carboxylic acids is 2. The molecule has 1 unspecified atom stereocenters. The lowest BCUT2D eigenvalue weighted by Gasteiger charge is -2.45. The van der Waals surface area contributed by atoms with Gasteiger partial charge in [-0.2, -0.15) is 13.2 Å². The minimum atomic E-state index is -4.46. The van der Waals surface area contributed by atoms with E-state index in [1.807, 2.05) is 4.90 Å². The number of nitrogens with zero attached hydrogens (tertiary/aromatic N) is 2. The lowest BCUT2D eigenvalue weighted by atomic mass is 9.77. The first-order valence-electron chi connectivity index (χ1n) is 11.2. The first-order chi connectivity index (χ1) is 16.0. The zero-order valence-electron chi connectivity index (χ0n) is 19.1. The van der Waals surface area contributed by atoms with E-state index in [1.54, 1.807) is 25.3 Å². The summed E-state index contributed by atoms with van der Waals surface area (Å²) < 4.78 is 39.0. The van der Waals surface area contributed by atoms with Crippen molar-refractivity contribution in [3.8, 4) is 0 Å². The molecule has 1 aliphatic rings. The van der Waals surface area contributed by atoms with E-state index >= 15 is 0 Å². The summed E-state index contributed by atoms with van der Waals surface area (Å²) in [5.74, 6) is -1.62. The van der Waals surface area contributed by atoms with Gasteiger partial charge in [-0.05, 0) is 68.6 Å². The van der Waals surface area contributed by atoms with E-state index in [2.05, 4.69) is 10.3 Å². The molecule has 0 radical (unpaired) electrons. The lowest BCUT2D eigenvalue weighted by molar-refractivity contribution is -0.143. The van der Waals surface area contributed by atoms with E-state index < -0.39 is 35.0 Å². The summed E-state index contributed by atoms with van der Waals surface area (Å²) >= 11 is 0. The van der Waals surface area contributed by atoms with Gasteiger partial charge in [0, 0.05) is 12.7 Å². The number of primary amides is 1. The minimum Gasteiger partial charge on any atom is -0.384 e. The Balaban J connectivity index is 1.89. The van der Waals surface area contributed by atoms with E-state index in [0.29, 0.717) is 24.5 Å². The second kappa shape index (κ2) is 10.4. The number of amides is 2. The standard InChI is InChI=1S/C24H30F3N5O2/c1-23(22(29)34,32-11-3-2-4-12-32)19(13-16-5-8-18(9-6-16)24(25,26)27)21(33)31-15-17-7-10-20(28)30-14-17/h5-10,14,19H,2-4,11-13,15H2,1H3,(H2,28,30)(H2,29,34)(H,31,33)/t19-,23?/m1/s1. The van der Waals surface area contributed by atoms with E-state index in [0.717, 1.165) is 37.0 Å². The number of nitrogen functional groups attached to an aromatic ring is 1. The highest BCUT2D eigenvalue weighted by atomic mass is 19.4. The number of hydrogen-bond acceptors (Lipinski definition) is 5. The maximum Gasteiger partial charge on any atom is 0.416 e. The highest BCUT2D eigenvalue weighted by Gasteiger charge is 2.48. The van der Waals surface area contributed by atoms with Gasteiger partial charge < -0.3 is 16.8 Å². The number of nitrogens with one attached hydrogen (secondary N) is 1. The zero-order valence-corrected chi connectivity index (χ0v) is 19.1. The van der Waals surface area contributed by atoms with Gasteiger partial charge in [0.25, 0.3) is 0 Å². The van der Waals surface area contributed by atoms with Crippen LogP contribution in [0.25, 0.3) is 0 Å². The summed E-state index contributed by atoms with van der Waals surface area (Å²) in [4.78, 5) is 32.1. The molecule has 1 fully saturated rings. The molecule has 0 aliphatic carbocycles. The first-order valence-corrected chi connectivity index (χ1v) is 11.2. The fraction of sp³-hybridized carbons (Fsp3) is 0.458. The first kappa shape index (κ1) is 25.5. The van der Waals surface area contributed by atoms with E-state index in [4.69, 9.17) is 11.5 Å². The smallest absolute Gasteiger partial charge is 0.384 e. The van der Waals surface area contributed by atoms with Crippen LogP contribution in [0.2, 0.25) is 0 Å². The molecule has 10 heteroatoms. The fourth-order valence-electron chi connectivity index (χ4n) is 4.37. The Morgan fingerprint density at radius 1 is 1.06 bits per heavy atom. The molecule has 1 saturated heterocycles. The number of hydrogen-bond donors (Lipinski definition) is 3. The second-order valence-corrected chi connectivity index (χ2v) is 8.82. The number of halogens is 3. The molecule has 184 valence electrons. The van der Waals surface area contributed by atoms with Gasteiger partial charge >= 0.3 is 6.18 Å². The third-order valence-electron chi connectivity index (χ3n) is 6.54. The molecule has 1 aromatic heterocycles. The van der Waals surface area contributed by atoms with Crippen molar-refractivity contribution < 1.29 is 22.8 Å². The Bertz CT molecular complexity index is 989. The van der Waals surface area contributed by atoms with Crippen molar-refractivity contribution in [3.05, 3.63) is 59.3 Å². The van der Waals surface area contributed by atoms with Crippen LogP contribution < -0.4 is 16.8 Å². The zero-order chi connectivity index (χ0) is 24.9. The Morgan fingerprint density at radius 2 is 1.68 bits per heavy atom. The molecule has 5 N–H and O–H groups in total. The number of piperidine rings is 1. The van der Waals surface area contributed by atoms with Crippen molar-refractivity contribution in [2.24, 2.45) is 11.7 Å². The molecule has 34 heavy (non-hydrogen) atoms. The summed E-state index contributed by atoms with van der Waals surface area (Å²) in [6.45, 7) is 3.03. The Hall–Kier alpha value is -3.14. The molecule has 0 spiro atoms. The monoisotopic (exact) mass is 477 g/mol. The summed E-state index contributed by atoms with van der Waals surface area (Å²) in [6.07, 6.45) is -0.106. The number of alkyl halides is 3. The van der Waals surface area contributed by atoms with Crippen LogP contribution >= 0.6 is 0 Å². The SMILES string of the molecule is CC(C(N)=O)([C@H](Cc1ccc(C(F)(F)F)cc1)C(=O)NCc1ccc(N)nc1)N1CCCCC1. The fourth-order valence-corrected chi connectivity index (χ4v) is 4.37. The van der Waals surface area contributed by atoms with Crippen molar-refractivity contribution in [1.29, 1.82) is 0 Å². The van der Waals surface area contributed by atoms with Gasteiger partial charge in [-0.25, -0.2) is 4.98 Å². The largest absolute Gasteiger partial charge is 0.416 e. The van der Waals surface area contributed by atoms with Crippen LogP contribution in [0.1, 0.15) is 42.9 Å². The molecule has 2 heterocycles. The Labute approximate surface area is 196 Å². The number of aromatic nitrogens is 1. The average Bonchev–Trinajstić information content (AvgIpc) is 2.81. The van der Waals surface area contributed by atoms with Gasteiger partial charge in [0.1, 0.15) is 11.4 Å². The van der Waals surface area contributed by atoms with E-state index in [9.17, 15) is 22.8 Å². The van der Waals surface area contributed by atoms with Crippen molar-refractivity contribution in [3.63, 3.8) is 0 Å². The lowest BCUT2D eigenvalue weighted by Crippen LogP contribution is -2.64. The number of nitrogens with two attached hydrogens (primary N) is 2. The van der Waals surface area contributed by atoms with Gasteiger partial charge in [0.15, 0.2) is 0 Å². The molecule has 0 saturated carbocycles. The number of pyridine rings is 1. The normalized spacial score (nSPS) is 17.5. The van der Waals surface area contributed by atoms with Crippen LogP contribution in [0.4, 0.5) is 19.0 Å². The molecular formula is C24H30F3N5O2. The second-order valence-electron chi connectivity index (χ2n) is 8.82. The van der Waals surface area contributed by atoms with Gasteiger partial charge in [-0.3, -0.25) is 14.5 Å². The molecule has 2 amide bonds. The maximum absolute atomic E-state index is 13.4. The summed E-state index contributed by atoms with van der Waals surface area (Å²) in [5.41, 5.74) is 10.6. The van der Waals surface area contributed by atoms with Gasteiger partial charge in [0.2, 0.25) is 11.8 Å². The molecule has 2 aromatic rings. The van der Waals surface area contributed by atoms with Crippen molar-refractivity contribution in [1.82, 2.24) is 15.2 Å². The van der Waals surface area contributed by atoms with Gasteiger partial charge in [-0.1, -0.05) is 24.6 Å². The van der Waals surface area contributed by atoms with Crippen molar-refractivity contribution in [2.75, 3.05) is 18.8 Å². The number of carbonyl (C=O) groups is 2. The summed E-state index contributed by atoms with van der Waals surface area (Å²) in [6, 6.07) is 7.97. The van der Waals surface area contributed by atoms with E-state index in [1.165, 1.54) is 12.1 Å². The van der Waals surface area contributed by atoms with Crippen LogP contribution in [0.15, 0.2) is 42.6 Å². The van der Waals surface area contributed by atoms with Crippen LogP contribution in [0.5, 0.6) is 0 Å². The quantitative estimate of drug-likeness (QED) is 0.541. The molecule has 1 aromatic carbocycles. The van der Waals surface area contributed by atoms with Gasteiger partial charge in [-0.15, -0.1) is 0 Å². The summed E-state index contributed by atoms with van der Waals surface area (Å²) in [7, 11) is 0. The van der Waals surface area contributed by atoms with Crippen LogP contribution in [-0.2, 0) is 28.7 Å². The topological polar surface area (TPSA) is 114 Å². The maximum atomic E-state index is 13.4. The molecule has 2 atom stereocenters. The number of rotatable bonds is 8. The van der Waals surface area contributed by atoms with Crippen LogP contribution in [-0.4, -0.2) is 40.3 Å². The minimum absolute atomic E-state index is 0.0555. The molecule has 7 nitrogen and oxygen atoms in total. The number of anilines is 1.